The summed E-state index contributed by atoms with van der Waals surface area (Å²) in [7, 11) is 0. The minimum absolute atomic E-state index is 0.196. The molecule has 1 atom stereocenters. The fourth-order valence-electron chi connectivity index (χ4n) is 3.03. The highest BCUT2D eigenvalue weighted by atomic mass is 35.5. The van der Waals surface area contributed by atoms with E-state index in [0.717, 1.165) is 18.5 Å². The summed E-state index contributed by atoms with van der Waals surface area (Å²) in [6, 6.07) is -0.0272. The van der Waals surface area contributed by atoms with Gasteiger partial charge in [-0.15, -0.1) is 0 Å². The maximum absolute atomic E-state index is 6.38. The summed E-state index contributed by atoms with van der Waals surface area (Å²) in [5.41, 5.74) is 3.37. The number of nitrogens with two attached hydrogens (primary N) is 1. The predicted molar refractivity (Wildman–Crippen MR) is 82.1 cm³/mol. The van der Waals surface area contributed by atoms with Crippen LogP contribution < -0.4 is 11.3 Å². The first-order chi connectivity index (χ1) is 10.1. The fraction of sp³-hybridized carbons (Fsp3) is 0.786. The third kappa shape index (κ3) is 3.24. The van der Waals surface area contributed by atoms with Gasteiger partial charge in [0.2, 0.25) is 0 Å². The molecule has 1 unspecified atom stereocenters. The predicted octanol–water partition coefficient (Wildman–Crippen LogP) is 2.21. The number of nitrogens with zero attached hydrogens (tertiary/aromatic N) is 2. The second kappa shape index (κ2) is 7.07. The number of hydrazine groups is 1. The highest BCUT2D eigenvalue weighted by Crippen LogP contribution is 2.40. The normalized spacial score (nSPS) is 19.9. The van der Waals surface area contributed by atoms with Crippen LogP contribution in [0, 0.1) is 0 Å². The van der Waals surface area contributed by atoms with E-state index in [2.05, 4.69) is 24.4 Å². The van der Waals surface area contributed by atoms with Gasteiger partial charge in [-0.1, -0.05) is 11.6 Å². The first-order valence-corrected chi connectivity index (χ1v) is 7.84. The van der Waals surface area contributed by atoms with Crippen molar-refractivity contribution < 1.29 is 9.47 Å². The zero-order chi connectivity index (χ0) is 15.5. The minimum Gasteiger partial charge on any atom is -0.381 e. The fourth-order valence-corrected chi connectivity index (χ4v) is 3.27. The zero-order valence-electron chi connectivity index (χ0n) is 12.9. The molecule has 120 valence electrons. The van der Waals surface area contributed by atoms with Gasteiger partial charge in [-0.05, 0) is 20.8 Å². The van der Waals surface area contributed by atoms with Crippen LogP contribution in [0.1, 0.15) is 51.4 Å². The molecule has 0 bridgehead atoms. The van der Waals surface area contributed by atoms with E-state index in [0.29, 0.717) is 24.8 Å². The maximum atomic E-state index is 6.38. The van der Waals surface area contributed by atoms with Gasteiger partial charge in [-0.3, -0.25) is 10.5 Å². The molecule has 1 aliphatic rings. The van der Waals surface area contributed by atoms with E-state index in [1.165, 1.54) is 0 Å². The topological polar surface area (TPSA) is 74.3 Å². The highest BCUT2D eigenvalue weighted by Gasteiger charge is 2.44. The van der Waals surface area contributed by atoms with Crippen LogP contribution >= 0.6 is 11.6 Å². The molecule has 0 amide bonds. The molecule has 1 aromatic rings. The van der Waals surface area contributed by atoms with Gasteiger partial charge in [-0.25, -0.2) is 5.43 Å². The van der Waals surface area contributed by atoms with Crippen molar-refractivity contribution in [1.82, 2.24) is 15.2 Å². The third-order valence-electron chi connectivity index (χ3n) is 4.01. The molecule has 1 fully saturated rings. The Labute approximate surface area is 130 Å². The average Bonchev–Trinajstić information content (AvgIpc) is 2.83. The van der Waals surface area contributed by atoms with Crippen LogP contribution in [0.25, 0.3) is 0 Å². The van der Waals surface area contributed by atoms with Gasteiger partial charge < -0.3 is 9.47 Å². The molecular weight excluding hydrogens is 292 g/mol. The summed E-state index contributed by atoms with van der Waals surface area (Å²) in [4.78, 5) is 0. The van der Waals surface area contributed by atoms with Gasteiger partial charge in [0.25, 0.3) is 0 Å². The second-order valence-corrected chi connectivity index (χ2v) is 6.03. The SMILES string of the molecule is CCOC1(C(NN)c2c(Cl)cnn2C(C)C)CCOCC1. The Hall–Kier alpha value is -0.660. The summed E-state index contributed by atoms with van der Waals surface area (Å²) in [5, 5.41) is 4.98. The summed E-state index contributed by atoms with van der Waals surface area (Å²) in [5.74, 6) is 5.88. The number of hydrogen-bond donors (Lipinski definition) is 2. The Balaban J connectivity index is 2.43. The number of hydrogen-bond acceptors (Lipinski definition) is 5. The van der Waals surface area contributed by atoms with Crippen molar-refractivity contribution in [1.29, 1.82) is 0 Å². The number of aromatic nitrogens is 2. The first kappa shape index (κ1) is 16.7. The van der Waals surface area contributed by atoms with Crippen molar-refractivity contribution in [3.05, 3.63) is 16.9 Å². The molecule has 0 aliphatic carbocycles. The Morgan fingerprint density at radius 2 is 2.19 bits per heavy atom. The maximum Gasteiger partial charge on any atom is 0.0948 e. The molecule has 0 spiro atoms. The standard InChI is InChI=1S/C14H25ClN4O2/c1-4-21-14(5-7-20-8-6-14)13(18-16)12-11(15)9-17-19(12)10(2)3/h9-10,13,18H,4-8,16H2,1-3H3. The van der Waals surface area contributed by atoms with E-state index in [9.17, 15) is 0 Å². The lowest BCUT2D eigenvalue weighted by molar-refractivity contribution is -0.129. The molecule has 0 radical (unpaired) electrons. The van der Waals surface area contributed by atoms with Crippen LogP contribution in [0.4, 0.5) is 0 Å². The number of ether oxygens (including phenoxy) is 2. The minimum atomic E-state index is -0.419. The molecule has 0 aromatic carbocycles. The van der Waals surface area contributed by atoms with Crippen molar-refractivity contribution >= 4 is 11.6 Å². The van der Waals surface area contributed by atoms with Crippen LogP contribution in [0.15, 0.2) is 6.20 Å². The van der Waals surface area contributed by atoms with Crippen molar-refractivity contribution in [3.8, 4) is 0 Å². The largest absolute Gasteiger partial charge is 0.381 e. The van der Waals surface area contributed by atoms with Gasteiger partial charge in [-0.2, -0.15) is 5.10 Å². The van der Waals surface area contributed by atoms with Crippen LogP contribution in [-0.4, -0.2) is 35.2 Å². The van der Waals surface area contributed by atoms with Crippen molar-refractivity contribution in [3.63, 3.8) is 0 Å². The van der Waals surface area contributed by atoms with Gasteiger partial charge in [0.1, 0.15) is 0 Å². The van der Waals surface area contributed by atoms with E-state index in [1.807, 2.05) is 11.6 Å². The van der Waals surface area contributed by atoms with Crippen LogP contribution in [-0.2, 0) is 9.47 Å². The van der Waals surface area contributed by atoms with E-state index >= 15 is 0 Å². The zero-order valence-corrected chi connectivity index (χ0v) is 13.7. The molecule has 1 saturated heterocycles. The quantitative estimate of drug-likeness (QED) is 0.621. The van der Waals surface area contributed by atoms with Crippen molar-refractivity contribution in [2.75, 3.05) is 19.8 Å². The van der Waals surface area contributed by atoms with Gasteiger partial charge in [0.15, 0.2) is 0 Å². The van der Waals surface area contributed by atoms with Crippen molar-refractivity contribution in [2.45, 2.75) is 51.3 Å². The lowest BCUT2D eigenvalue weighted by atomic mass is 9.84. The number of nitrogens with one attached hydrogen (secondary N) is 1. The van der Waals surface area contributed by atoms with E-state index < -0.39 is 5.60 Å². The van der Waals surface area contributed by atoms with Crippen LogP contribution in [0.2, 0.25) is 5.02 Å². The summed E-state index contributed by atoms with van der Waals surface area (Å²) < 4.78 is 13.5. The first-order valence-electron chi connectivity index (χ1n) is 7.46. The average molecular weight is 317 g/mol. The molecule has 1 aromatic heterocycles. The molecule has 2 rings (SSSR count). The molecule has 3 N–H and O–H groups in total. The second-order valence-electron chi connectivity index (χ2n) is 5.63. The molecule has 6 nitrogen and oxygen atoms in total. The molecule has 1 aliphatic heterocycles. The smallest absolute Gasteiger partial charge is 0.0948 e. The Bertz CT molecular complexity index is 452. The summed E-state index contributed by atoms with van der Waals surface area (Å²) >= 11 is 6.38. The number of rotatable bonds is 6. The van der Waals surface area contributed by atoms with E-state index in [4.69, 9.17) is 26.9 Å². The summed E-state index contributed by atoms with van der Waals surface area (Å²) in [6.07, 6.45) is 3.21. The lowest BCUT2D eigenvalue weighted by Gasteiger charge is -2.43. The lowest BCUT2D eigenvalue weighted by Crippen LogP contribution is -2.52. The Morgan fingerprint density at radius 3 is 2.71 bits per heavy atom. The van der Waals surface area contributed by atoms with Gasteiger partial charge in [0, 0.05) is 38.7 Å². The molecule has 7 heteroatoms. The van der Waals surface area contributed by atoms with E-state index in [-0.39, 0.29) is 12.1 Å². The van der Waals surface area contributed by atoms with E-state index in [1.54, 1.807) is 6.20 Å². The molecule has 21 heavy (non-hydrogen) atoms. The Kier molecular flexibility index (Phi) is 5.62. The number of halogens is 1. The molecular formula is C14H25ClN4O2. The third-order valence-corrected chi connectivity index (χ3v) is 4.30. The van der Waals surface area contributed by atoms with Gasteiger partial charge >= 0.3 is 0 Å². The van der Waals surface area contributed by atoms with Gasteiger partial charge in [0.05, 0.1) is 28.6 Å². The Morgan fingerprint density at radius 1 is 1.52 bits per heavy atom. The van der Waals surface area contributed by atoms with Crippen LogP contribution in [0.3, 0.4) is 0 Å². The van der Waals surface area contributed by atoms with Crippen molar-refractivity contribution in [2.24, 2.45) is 5.84 Å². The monoisotopic (exact) mass is 316 g/mol. The molecule has 2 heterocycles. The summed E-state index contributed by atoms with van der Waals surface area (Å²) in [6.45, 7) is 8.06. The molecule has 0 saturated carbocycles. The van der Waals surface area contributed by atoms with Crippen LogP contribution in [0.5, 0.6) is 0 Å². The highest BCUT2D eigenvalue weighted by molar-refractivity contribution is 6.31.